The number of methoxy groups -OCH3 is 1. The molecule has 0 saturated heterocycles. The van der Waals surface area contributed by atoms with E-state index in [9.17, 15) is 13.6 Å². The van der Waals surface area contributed by atoms with Gasteiger partial charge in [0.25, 0.3) is 6.43 Å². The monoisotopic (exact) mass is 274 g/mol. The lowest BCUT2D eigenvalue weighted by Crippen LogP contribution is -2.12. The Balaban J connectivity index is 3.35. The van der Waals surface area contributed by atoms with Crippen LogP contribution >= 0.6 is 11.6 Å². The second-order valence-corrected chi connectivity index (χ2v) is 3.60. The number of halogens is 3. The largest absolute Gasteiger partial charge is 0.469 e. The zero-order valence-electron chi connectivity index (χ0n) is 9.41. The summed E-state index contributed by atoms with van der Waals surface area (Å²) in [5.74, 6) is -0.766. The number of nitriles is 1. The van der Waals surface area contributed by atoms with Gasteiger partial charge in [-0.05, 0) is 17.2 Å². The minimum absolute atomic E-state index is 0.0193. The van der Waals surface area contributed by atoms with E-state index in [4.69, 9.17) is 16.9 Å². The molecule has 0 radical (unpaired) electrons. The number of carbonyl (C=O) groups excluding carboxylic acids is 1. The molecule has 0 aliphatic heterocycles. The third kappa shape index (κ3) is 3.14. The minimum Gasteiger partial charge on any atom is -0.469 e. The minimum atomic E-state index is -2.89. The van der Waals surface area contributed by atoms with Crippen molar-refractivity contribution < 1.29 is 18.3 Å². The van der Waals surface area contributed by atoms with E-state index in [0.717, 1.165) is 7.11 Å². The summed E-state index contributed by atoms with van der Waals surface area (Å²) in [4.78, 5) is 14.7. The normalized spacial score (nSPS) is 10.2. The lowest BCUT2D eigenvalue weighted by Gasteiger charge is -2.11. The van der Waals surface area contributed by atoms with Gasteiger partial charge in [-0.3, -0.25) is 4.79 Å². The van der Waals surface area contributed by atoms with E-state index < -0.39 is 18.1 Å². The van der Waals surface area contributed by atoms with Gasteiger partial charge in [-0.2, -0.15) is 5.26 Å². The van der Waals surface area contributed by atoms with E-state index >= 15 is 0 Å². The Hall–Kier alpha value is -1.74. The molecule has 0 bridgehead atoms. The quantitative estimate of drug-likeness (QED) is 0.624. The molecule has 1 aromatic rings. The van der Waals surface area contributed by atoms with Gasteiger partial charge in [-0.1, -0.05) is 0 Å². The first-order valence-electron chi connectivity index (χ1n) is 4.87. The topological polar surface area (TPSA) is 63.0 Å². The summed E-state index contributed by atoms with van der Waals surface area (Å²) < 4.78 is 30.1. The standard InChI is InChI=1S/C11H9ClF2N2O2/c1-18-9(17)3-8-6(4-12)2-7(5-15)16-10(8)11(13)14/h2,11H,3-4H2,1H3. The van der Waals surface area contributed by atoms with Gasteiger partial charge < -0.3 is 4.74 Å². The van der Waals surface area contributed by atoms with Gasteiger partial charge in [0.05, 0.1) is 13.5 Å². The summed E-state index contributed by atoms with van der Waals surface area (Å²) in [5, 5.41) is 8.69. The van der Waals surface area contributed by atoms with Crippen molar-refractivity contribution in [1.82, 2.24) is 4.98 Å². The number of ether oxygens (including phenoxy) is 1. The second-order valence-electron chi connectivity index (χ2n) is 3.33. The van der Waals surface area contributed by atoms with E-state index in [2.05, 4.69) is 9.72 Å². The lowest BCUT2D eigenvalue weighted by molar-refractivity contribution is -0.139. The molecule has 96 valence electrons. The first kappa shape index (κ1) is 14.3. The fourth-order valence-corrected chi connectivity index (χ4v) is 1.66. The fourth-order valence-electron chi connectivity index (χ4n) is 1.42. The van der Waals surface area contributed by atoms with E-state index in [0.29, 0.717) is 0 Å². The van der Waals surface area contributed by atoms with Crippen LogP contribution in [-0.4, -0.2) is 18.1 Å². The van der Waals surface area contributed by atoms with Gasteiger partial charge in [0, 0.05) is 5.88 Å². The Bertz CT molecular complexity index is 501. The highest BCUT2D eigenvalue weighted by molar-refractivity contribution is 6.17. The van der Waals surface area contributed by atoms with Crippen LogP contribution in [0.25, 0.3) is 0 Å². The summed E-state index contributed by atoms with van der Waals surface area (Å²) in [6.07, 6.45) is -3.24. The maximum Gasteiger partial charge on any atom is 0.310 e. The molecule has 0 spiro atoms. The molecular formula is C11H9ClF2N2O2. The van der Waals surface area contributed by atoms with Crippen LogP contribution in [0.15, 0.2) is 6.07 Å². The molecule has 0 atom stereocenters. The van der Waals surface area contributed by atoms with Gasteiger partial charge in [-0.15, -0.1) is 11.6 Å². The summed E-state index contributed by atoms with van der Waals surface area (Å²) >= 11 is 5.63. The number of alkyl halides is 3. The highest BCUT2D eigenvalue weighted by Crippen LogP contribution is 2.26. The number of hydrogen-bond donors (Lipinski definition) is 0. The van der Waals surface area contributed by atoms with Crippen molar-refractivity contribution in [3.8, 4) is 6.07 Å². The average Bonchev–Trinajstić information content (AvgIpc) is 2.38. The van der Waals surface area contributed by atoms with Crippen LogP contribution in [0.2, 0.25) is 0 Å². The maximum atomic E-state index is 12.8. The molecule has 0 aromatic carbocycles. The molecule has 7 heteroatoms. The first-order valence-corrected chi connectivity index (χ1v) is 5.40. The van der Waals surface area contributed by atoms with E-state index in [1.165, 1.54) is 6.07 Å². The van der Waals surface area contributed by atoms with Crippen molar-refractivity contribution in [3.63, 3.8) is 0 Å². The van der Waals surface area contributed by atoms with Crippen molar-refractivity contribution >= 4 is 17.6 Å². The molecule has 1 aromatic heterocycles. The van der Waals surface area contributed by atoms with Gasteiger partial charge in [0.15, 0.2) is 0 Å². The molecular weight excluding hydrogens is 266 g/mol. The zero-order chi connectivity index (χ0) is 13.7. The van der Waals surface area contributed by atoms with Crippen LogP contribution in [0.3, 0.4) is 0 Å². The third-order valence-electron chi connectivity index (χ3n) is 2.26. The smallest absolute Gasteiger partial charge is 0.310 e. The van der Waals surface area contributed by atoms with Crippen molar-refractivity contribution in [3.05, 3.63) is 28.6 Å². The van der Waals surface area contributed by atoms with Crippen LogP contribution in [0.4, 0.5) is 8.78 Å². The Morgan fingerprint density at radius 3 is 2.78 bits per heavy atom. The molecule has 18 heavy (non-hydrogen) atoms. The van der Waals surface area contributed by atoms with Gasteiger partial charge in [0.1, 0.15) is 17.5 Å². The highest BCUT2D eigenvalue weighted by Gasteiger charge is 2.21. The lowest BCUT2D eigenvalue weighted by atomic mass is 10.0. The Morgan fingerprint density at radius 2 is 2.33 bits per heavy atom. The number of pyridine rings is 1. The molecule has 4 nitrogen and oxygen atoms in total. The molecule has 0 saturated carbocycles. The van der Waals surface area contributed by atoms with Gasteiger partial charge >= 0.3 is 5.97 Å². The average molecular weight is 275 g/mol. The van der Waals surface area contributed by atoms with Gasteiger partial charge in [0.2, 0.25) is 0 Å². The van der Waals surface area contributed by atoms with Crippen molar-refractivity contribution in [1.29, 1.82) is 5.26 Å². The number of esters is 1. The predicted molar refractivity (Wildman–Crippen MR) is 59.2 cm³/mol. The number of rotatable bonds is 4. The molecule has 0 unspecified atom stereocenters. The molecule has 0 aliphatic carbocycles. The van der Waals surface area contributed by atoms with E-state index in [1.807, 2.05) is 0 Å². The summed E-state index contributed by atoms with van der Waals surface area (Å²) in [6.45, 7) is 0. The summed E-state index contributed by atoms with van der Waals surface area (Å²) in [6, 6.07) is 2.96. The molecule has 0 aliphatic rings. The third-order valence-corrected chi connectivity index (χ3v) is 2.55. The van der Waals surface area contributed by atoms with Crippen molar-refractivity contribution in [2.24, 2.45) is 0 Å². The van der Waals surface area contributed by atoms with Crippen LogP contribution in [-0.2, 0) is 21.8 Å². The van der Waals surface area contributed by atoms with Crippen molar-refractivity contribution in [2.75, 3.05) is 7.11 Å². The number of nitrogens with zero attached hydrogens (tertiary/aromatic N) is 2. The van der Waals surface area contributed by atoms with Crippen LogP contribution in [0, 0.1) is 11.3 Å². The summed E-state index contributed by atoms with van der Waals surface area (Å²) in [7, 11) is 1.15. The fraction of sp³-hybridized carbons (Fsp3) is 0.364. The van der Waals surface area contributed by atoms with Crippen LogP contribution < -0.4 is 0 Å². The second kappa shape index (κ2) is 6.26. The molecule has 1 heterocycles. The number of aromatic nitrogens is 1. The van der Waals surface area contributed by atoms with E-state index in [-0.39, 0.29) is 29.1 Å². The Kier molecular flexibility index (Phi) is 4.98. The summed E-state index contributed by atoms with van der Waals surface area (Å²) in [5.41, 5.74) is -0.459. The van der Waals surface area contributed by atoms with Crippen molar-refractivity contribution in [2.45, 2.75) is 18.7 Å². The molecule has 1 rings (SSSR count). The van der Waals surface area contributed by atoms with Crippen LogP contribution in [0.5, 0.6) is 0 Å². The Morgan fingerprint density at radius 1 is 1.67 bits per heavy atom. The molecule has 0 N–H and O–H groups in total. The predicted octanol–water partition coefficient (Wildman–Crippen LogP) is 2.35. The Labute approximate surface area is 107 Å². The zero-order valence-corrected chi connectivity index (χ0v) is 10.2. The van der Waals surface area contributed by atoms with Crippen LogP contribution in [0.1, 0.15) is 28.9 Å². The SMILES string of the molecule is COC(=O)Cc1c(CCl)cc(C#N)nc1C(F)F. The maximum absolute atomic E-state index is 12.8. The van der Waals surface area contributed by atoms with E-state index in [1.54, 1.807) is 6.07 Å². The molecule has 0 fully saturated rings. The molecule has 0 amide bonds. The number of carbonyl (C=O) groups is 1. The first-order chi connectivity index (χ1) is 8.53. The number of hydrogen-bond acceptors (Lipinski definition) is 4. The highest BCUT2D eigenvalue weighted by atomic mass is 35.5. The van der Waals surface area contributed by atoms with Gasteiger partial charge in [-0.25, -0.2) is 13.8 Å².